The van der Waals surface area contributed by atoms with Gasteiger partial charge in [-0.2, -0.15) is 0 Å². The van der Waals surface area contributed by atoms with Gasteiger partial charge in [0.15, 0.2) is 0 Å². The number of nitrogens with one attached hydrogen (secondary N) is 1. The minimum atomic E-state index is -0.00579. The zero-order chi connectivity index (χ0) is 13.0. The van der Waals surface area contributed by atoms with Crippen molar-refractivity contribution in [1.29, 1.82) is 0 Å². The summed E-state index contributed by atoms with van der Waals surface area (Å²) in [5, 5.41) is 3.09. The number of hydrogen-bond donors (Lipinski definition) is 2. The predicted octanol–water partition coefficient (Wildman–Crippen LogP) is 2.19. The summed E-state index contributed by atoms with van der Waals surface area (Å²) in [5.74, 6) is -0.00579. The van der Waals surface area contributed by atoms with Gasteiger partial charge in [0.1, 0.15) is 0 Å². The fourth-order valence-corrected chi connectivity index (χ4v) is 2.57. The smallest absolute Gasteiger partial charge is 0.251 e. The van der Waals surface area contributed by atoms with E-state index in [2.05, 4.69) is 5.32 Å². The van der Waals surface area contributed by atoms with Gasteiger partial charge in [-0.3, -0.25) is 4.79 Å². The average molecular weight is 262 g/mol. The van der Waals surface area contributed by atoms with Gasteiger partial charge in [-0.1, -0.05) is 43.3 Å². The summed E-state index contributed by atoms with van der Waals surface area (Å²) < 4.78 is 0. The largest absolute Gasteiger partial charge is 0.393 e. The molecule has 0 heterocycles. The Hall–Kier alpha value is -1.42. The van der Waals surface area contributed by atoms with E-state index in [4.69, 9.17) is 18.0 Å². The normalized spacial score (nSPS) is 15.6. The first kappa shape index (κ1) is 13.0. The first-order valence-corrected chi connectivity index (χ1v) is 6.74. The molecule has 3 nitrogen and oxygen atoms in total. The van der Waals surface area contributed by atoms with Gasteiger partial charge in [0, 0.05) is 18.0 Å². The number of carbonyl (C=O) groups excluding carboxylic acids is 1. The lowest BCUT2D eigenvalue weighted by molar-refractivity contribution is 0.0937. The van der Waals surface area contributed by atoms with Crippen LogP contribution in [-0.2, 0) is 6.42 Å². The molecule has 1 aliphatic carbocycles. The molecule has 18 heavy (non-hydrogen) atoms. The number of benzene rings is 1. The van der Waals surface area contributed by atoms with E-state index in [9.17, 15) is 4.79 Å². The van der Waals surface area contributed by atoms with Crippen LogP contribution < -0.4 is 11.1 Å². The van der Waals surface area contributed by atoms with Crippen molar-refractivity contribution in [3.8, 4) is 0 Å². The molecule has 1 aromatic carbocycles. The van der Waals surface area contributed by atoms with E-state index in [0.717, 1.165) is 18.4 Å². The Morgan fingerprint density at radius 2 is 2.00 bits per heavy atom. The molecule has 1 fully saturated rings. The molecule has 1 aromatic rings. The second-order valence-electron chi connectivity index (χ2n) is 4.76. The number of rotatable bonds is 4. The highest BCUT2D eigenvalue weighted by Crippen LogP contribution is 2.19. The minimum absolute atomic E-state index is 0.00579. The van der Waals surface area contributed by atoms with Crippen molar-refractivity contribution in [3.63, 3.8) is 0 Å². The van der Waals surface area contributed by atoms with Crippen LogP contribution in [0.3, 0.4) is 0 Å². The second kappa shape index (κ2) is 5.96. The number of nitrogens with two attached hydrogens (primary N) is 1. The molecule has 1 saturated carbocycles. The SMILES string of the molecule is NC(=S)Cc1ccccc1C(=O)NC1CCCC1. The number of hydrogen-bond acceptors (Lipinski definition) is 2. The lowest BCUT2D eigenvalue weighted by Crippen LogP contribution is -2.33. The van der Waals surface area contributed by atoms with Gasteiger partial charge >= 0.3 is 0 Å². The van der Waals surface area contributed by atoms with Crippen LogP contribution in [0.5, 0.6) is 0 Å². The second-order valence-corrected chi connectivity index (χ2v) is 5.28. The Balaban J connectivity index is 2.10. The Labute approximate surface area is 113 Å². The van der Waals surface area contributed by atoms with Crippen molar-refractivity contribution < 1.29 is 4.79 Å². The fourth-order valence-electron chi connectivity index (χ4n) is 2.42. The van der Waals surface area contributed by atoms with Crippen molar-refractivity contribution in [2.24, 2.45) is 5.73 Å². The van der Waals surface area contributed by atoms with E-state index >= 15 is 0 Å². The summed E-state index contributed by atoms with van der Waals surface area (Å²) >= 11 is 4.91. The maximum Gasteiger partial charge on any atom is 0.251 e. The molecule has 0 saturated heterocycles. The summed E-state index contributed by atoms with van der Waals surface area (Å²) in [6.45, 7) is 0. The first-order chi connectivity index (χ1) is 8.66. The summed E-state index contributed by atoms with van der Waals surface area (Å²) in [6, 6.07) is 7.84. The minimum Gasteiger partial charge on any atom is -0.393 e. The molecule has 96 valence electrons. The van der Waals surface area contributed by atoms with Crippen LogP contribution >= 0.6 is 12.2 Å². The van der Waals surface area contributed by atoms with Crippen LogP contribution in [0.4, 0.5) is 0 Å². The van der Waals surface area contributed by atoms with E-state index in [1.807, 2.05) is 24.3 Å². The predicted molar refractivity (Wildman–Crippen MR) is 76.7 cm³/mol. The van der Waals surface area contributed by atoms with Crippen LogP contribution in [0.25, 0.3) is 0 Å². The van der Waals surface area contributed by atoms with Crippen molar-refractivity contribution >= 4 is 23.1 Å². The van der Waals surface area contributed by atoms with Crippen LogP contribution in [0, 0.1) is 0 Å². The lowest BCUT2D eigenvalue weighted by atomic mass is 10.0. The zero-order valence-electron chi connectivity index (χ0n) is 10.3. The van der Waals surface area contributed by atoms with Gasteiger partial charge in [0.2, 0.25) is 0 Å². The number of thiocarbonyl (C=S) groups is 1. The monoisotopic (exact) mass is 262 g/mol. The standard InChI is InChI=1S/C14H18N2OS/c15-13(18)9-10-5-1-4-8-12(10)14(17)16-11-6-2-3-7-11/h1,4-5,8,11H,2-3,6-7,9H2,(H2,15,18)(H,16,17). The molecule has 0 radical (unpaired) electrons. The Bertz CT molecular complexity index is 453. The summed E-state index contributed by atoms with van der Waals surface area (Å²) in [5.41, 5.74) is 7.15. The first-order valence-electron chi connectivity index (χ1n) is 6.34. The number of amides is 1. The van der Waals surface area contributed by atoms with Gasteiger partial charge < -0.3 is 11.1 Å². The van der Waals surface area contributed by atoms with Crippen molar-refractivity contribution in [2.75, 3.05) is 0 Å². The fraction of sp³-hybridized carbons (Fsp3) is 0.429. The molecule has 0 bridgehead atoms. The van der Waals surface area contributed by atoms with Crippen LogP contribution in [-0.4, -0.2) is 16.9 Å². The third-order valence-corrected chi connectivity index (χ3v) is 3.46. The highest BCUT2D eigenvalue weighted by molar-refractivity contribution is 7.80. The third kappa shape index (κ3) is 3.29. The van der Waals surface area contributed by atoms with Crippen LogP contribution in [0.2, 0.25) is 0 Å². The van der Waals surface area contributed by atoms with Gasteiger partial charge in [0.05, 0.1) is 4.99 Å². The molecule has 0 aliphatic heterocycles. The van der Waals surface area contributed by atoms with Gasteiger partial charge in [0.25, 0.3) is 5.91 Å². The molecule has 0 aromatic heterocycles. The highest BCUT2D eigenvalue weighted by Gasteiger charge is 2.19. The lowest BCUT2D eigenvalue weighted by Gasteiger charge is -2.14. The zero-order valence-corrected chi connectivity index (χ0v) is 11.1. The summed E-state index contributed by atoms with van der Waals surface area (Å²) in [4.78, 5) is 12.6. The maximum absolute atomic E-state index is 12.2. The molecule has 0 spiro atoms. The molecule has 2 rings (SSSR count). The van der Waals surface area contributed by atoms with Gasteiger partial charge in [-0.25, -0.2) is 0 Å². The van der Waals surface area contributed by atoms with Crippen molar-refractivity contribution in [2.45, 2.75) is 38.1 Å². The van der Waals surface area contributed by atoms with E-state index in [1.165, 1.54) is 12.8 Å². The summed E-state index contributed by atoms with van der Waals surface area (Å²) in [7, 11) is 0. The topological polar surface area (TPSA) is 55.1 Å². The maximum atomic E-state index is 12.2. The third-order valence-electron chi connectivity index (χ3n) is 3.32. The van der Waals surface area contributed by atoms with Crippen LogP contribution in [0.15, 0.2) is 24.3 Å². The molecular formula is C14H18N2OS. The van der Waals surface area contributed by atoms with E-state index in [1.54, 1.807) is 0 Å². The van der Waals surface area contributed by atoms with Gasteiger partial charge in [-0.15, -0.1) is 0 Å². The number of carbonyl (C=O) groups is 1. The Morgan fingerprint density at radius 3 is 2.67 bits per heavy atom. The van der Waals surface area contributed by atoms with E-state index in [0.29, 0.717) is 23.0 Å². The quantitative estimate of drug-likeness (QED) is 0.818. The van der Waals surface area contributed by atoms with Gasteiger partial charge in [-0.05, 0) is 24.5 Å². The van der Waals surface area contributed by atoms with E-state index < -0.39 is 0 Å². The Kier molecular flexibility index (Phi) is 4.31. The highest BCUT2D eigenvalue weighted by atomic mass is 32.1. The van der Waals surface area contributed by atoms with E-state index in [-0.39, 0.29) is 5.91 Å². The van der Waals surface area contributed by atoms with Crippen molar-refractivity contribution in [3.05, 3.63) is 35.4 Å². The molecule has 0 unspecified atom stereocenters. The average Bonchev–Trinajstić information content (AvgIpc) is 2.81. The molecule has 0 atom stereocenters. The molecule has 1 aliphatic rings. The molecule has 4 heteroatoms. The molecular weight excluding hydrogens is 244 g/mol. The Morgan fingerprint density at radius 1 is 1.33 bits per heavy atom. The summed E-state index contributed by atoms with van der Waals surface area (Å²) in [6.07, 6.45) is 5.06. The van der Waals surface area contributed by atoms with Crippen LogP contribution in [0.1, 0.15) is 41.6 Å². The van der Waals surface area contributed by atoms with Crippen molar-refractivity contribution in [1.82, 2.24) is 5.32 Å². The molecule has 1 amide bonds. The molecule has 3 N–H and O–H groups in total.